The molecule has 164 valence electrons. The van der Waals surface area contributed by atoms with E-state index in [4.69, 9.17) is 4.74 Å². The van der Waals surface area contributed by atoms with Crippen molar-refractivity contribution in [2.75, 3.05) is 0 Å². The first kappa shape index (κ1) is 25.7. The summed E-state index contributed by atoms with van der Waals surface area (Å²) in [6, 6.07) is 10.3. The fourth-order valence-electron chi connectivity index (χ4n) is 3.52. The van der Waals surface area contributed by atoms with Gasteiger partial charge in [0, 0.05) is 12.8 Å². The summed E-state index contributed by atoms with van der Waals surface area (Å²) in [5.41, 5.74) is 1.19. The fourth-order valence-corrected chi connectivity index (χ4v) is 3.52. The summed E-state index contributed by atoms with van der Waals surface area (Å²) >= 11 is 0. The van der Waals surface area contributed by atoms with Crippen molar-refractivity contribution in [3.63, 3.8) is 0 Å². The summed E-state index contributed by atoms with van der Waals surface area (Å²) in [4.78, 5) is 0. The standard InChI is InChI=1S/C27H44O2/c1-3-5-7-9-10-11-13-18-22-27(29-24-25-19-15-14-16-20-25)23-26(28)21-17-12-8-6-4-2/h14-16,19-20,26-28H,3-13,18,22-24H2,1-2H3/t26-,27-/m1/s1. The smallest absolute Gasteiger partial charge is 0.117 e. The summed E-state index contributed by atoms with van der Waals surface area (Å²) in [5, 5.41) is 10.3. The lowest BCUT2D eigenvalue weighted by Crippen LogP contribution is -2.20. The number of hydrogen-bond acceptors (Lipinski definition) is 2. The summed E-state index contributed by atoms with van der Waals surface area (Å²) in [6.45, 7) is 5.07. The molecule has 1 rings (SSSR count). The van der Waals surface area contributed by atoms with E-state index in [9.17, 15) is 5.11 Å². The van der Waals surface area contributed by atoms with Gasteiger partial charge in [-0.15, -0.1) is 5.92 Å². The number of rotatable bonds is 17. The molecule has 0 aromatic heterocycles. The van der Waals surface area contributed by atoms with Gasteiger partial charge in [0.25, 0.3) is 0 Å². The Labute approximate surface area is 180 Å². The molecule has 2 heteroatoms. The zero-order valence-electron chi connectivity index (χ0n) is 19.0. The highest BCUT2D eigenvalue weighted by Crippen LogP contribution is 2.16. The molecule has 0 saturated carbocycles. The first-order chi connectivity index (χ1) is 14.3. The largest absolute Gasteiger partial charge is 0.380 e. The van der Waals surface area contributed by atoms with Crippen LogP contribution >= 0.6 is 0 Å². The quantitative estimate of drug-likeness (QED) is 0.217. The molecule has 0 spiro atoms. The zero-order chi connectivity index (χ0) is 21.0. The molecule has 0 aliphatic rings. The maximum atomic E-state index is 10.3. The molecule has 0 heterocycles. The number of hydrogen-bond donors (Lipinski definition) is 1. The van der Waals surface area contributed by atoms with E-state index in [1.807, 2.05) is 18.2 Å². The Morgan fingerprint density at radius 3 is 2.14 bits per heavy atom. The van der Waals surface area contributed by atoms with Crippen LogP contribution < -0.4 is 0 Å². The van der Waals surface area contributed by atoms with Crippen LogP contribution in [0.2, 0.25) is 0 Å². The molecule has 0 radical (unpaired) electrons. The van der Waals surface area contributed by atoms with Gasteiger partial charge >= 0.3 is 0 Å². The van der Waals surface area contributed by atoms with Gasteiger partial charge in [-0.25, -0.2) is 0 Å². The molecule has 0 aliphatic heterocycles. The van der Waals surface area contributed by atoms with Gasteiger partial charge < -0.3 is 9.84 Å². The van der Waals surface area contributed by atoms with E-state index < -0.39 is 6.10 Å². The van der Waals surface area contributed by atoms with Gasteiger partial charge in [-0.05, 0) is 18.4 Å². The maximum Gasteiger partial charge on any atom is 0.117 e. The van der Waals surface area contributed by atoms with E-state index in [1.54, 1.807) is 0 Å². The third-order valence-corrected chi connectivity index (χ3v) is 5.37. The zero-order valence-corrected chi connectivity index (χ0v) is 19.0. The second-order valence-electron chi connectivity index (χ2n) is 8.21. The Kier molecular flexibility index (Phi) is 16.6. The Hall–Kier alpha value is -1.30. The Morgan fingerprint density at radius 2 is 1.45 bits per heavy atom. The van der Waals surface area contributed by atoms with Crippen LogP contribution in [0.15, 0.2) is 30.3 Å². The van der Waals surface area contributed by atoms with Crippen LogP contribution in [0.25, 0.3) is 0 Å². The van der Waals surface area contributed by atoms with E-state index >= 15 is 0 Å². The predicted molar refractivity (Wildman–Crippen MR) is 125 cm³/mol. The average Bonchev–Trinajstić information content (AvgIpc) is 2.74. The predicted octanol–water partition coefficient (Wildman–Crippen LogP) is 7.44. The van der Waals surface area contributed by atoms with Gasteiger partial charge in [-0.3, -0.25) is 0 Å². The van der Waals surface area contributed by atoms with Crippen LogP contribution in [0.4, 0.5) is 0 Å². The van der Waals surface area contributed by atoms with Crippen molar-refractivity contribution in [1.82, 2.24) is 0 Å². The SMILES string of the molecule is CCCCCC#C[C@@H](O)C[C@@H](CCCCCCCCCC)OCc1ccccc1. The van der Waals surface area contributed by atoms with E-state index in [2.05, 4.69) is 37.8 Å². The number of benzene rings is 1. The van der Waals surface area contributed by atoms with Crippen molar-refractivity contribution < 1.29 is 9.84 Å². The second kappa shape index (κ2) is 18.7. The normalized spacial score (nSPS) is 12.9. The lowest BCUT2D eigenvalue weighted by molar-refractivity contribution is 0.00827. The third-order valence-electron chi connectivity index (χ3n) is 5.37. The molecule has 0 fully saturated rings. The van der Waals surface area contributed by atoms with E-state index in [-0.39, 0.29) is 6.10 Å². The highest BCUT2D eigenvalue weighted by Gasteiger charge is 2.14. The molecule has 1 N–H and O–H groups in total. The monoisotopic (exact) mass is 400 g/mol. The minimum Gasteiger partial charge on any atom is -0.380 e. The minimum absolute atomic E-state index is 0.0789. The van der Waals surface area contributed by atoms with Crippen LogP contribution in [0.3, 0.4) is 0 Å². The summed E-state index contributed by atoms with van der Waals surface area (Å²) < 4.78 is 6.18. The maximum absolute atomic E-state index is 10.3. The first-order valence-corrected chi connectivity index (χ1v) is 12.1. The molecule has 2 atom stereocenters. The summed E-state index contributed by atoms with van der Waals surface area (Å²) in [7, 11) is 0. The molecule has 0 bridgehead atoms. The van der Waals surface area contributed by atoms with E-state index in [1.165, 1.54) is 69.8 Å². The Morgan fingerprint density at radius 1 is 0.828 bits per heavy atom. The molecular weight excluding hydrogens is 356 g/mol. The van der Waals surface area contributed by atoms with Crippen molar-refractivity contribution in [3.05, 3.63) is 35.9 Å². The van der Waals surface area contributed by atoms with Crippen molar-refractivity contribution >= 4 is 0 Å². The number of ether oxygens (including phenoxy) is 1. The van der Waals surface area contributed by atoms with Gasteiger partial charge in [0.1, 0.15) is 6.10 Å². The van der Waals surface area contributed by atoms with Crippen LogP contribution in [-0.4, -0.2) is 17.3 Å². The van der Waals surface area contributed by atoms with Crippen LogP contribution in [-0.2, 0) is 11.3 Å². The lowest BCUT2D eigenvalue weighted by Gasteiger charge is -2.19. The Balaban J connectivity index is 2.35. The number of aliphatic hydroxyl groups excluding tert-OH is 1. The molecule has 0 amide bonds. The number of aliphatic hydroxyl groups is 1. The molecule has 29 heavy (non-hydrogen) atoms. The highest BCUT2D eigenvalue weighted by atomic mass is 16.5. The van der Waals surface area contributed by atoms with Crippen LogP contribution in [0, 0.1) is 11.8 Å². The van der Waals surface area contributed by atoms with Crippen molar-refractivity contribution in [2.45, 2.75) is 123 Å². The molecule has 0 unspecified atom stereocenters. The number of unbranched alkanes of at least 4 members (excludes halogenated alkanes) is 10. The second-order valence-corrected chi connectivity index (χ2v) is 8.21. The van der Waals surface area contributed by atoms with Gasteiger partial charge in [0.15, 0.2) is 0 Å². The lowest BCUT2D eigenvalue weighted by atomic mass is 10.0. The van der Waals surface area contributed by atoms with Crippen molar-refractivity contribution in [1.29, 1.82) is 0 Å². The molecule has 1 aromatic rings. The summed E-state index contributed by atoms with van der Waals surface area (Å²) in [5.74, 6) is 6.17. The summed E-state index contributed by atoms with van der Waals surface area (Å²) in [6.07, 6.45) is 16.1. The molecule has 0 aliphatic carbocycles. The van der Waals surface area contributed by atoms with Crippen LogP contribution in [0.5, 0.6) is 0 Å². The molecule has 2 nitrogen and oxygen atoms in total. The van der Waals surface area contributed by atoms with Gasteiger partial charge in [-0.1, -0.05) is 114 Å². The highest BCUT2D eigenvalue weighted by molar-refractivity contribution is 5.13. The Bertz CT molecular complexity index is 528. The molecule has 0 saturated heterocycles. The topological polar surface area (TPSA) is 29.5 Å². The van der Waals surface area contributed by atoms with Gasteiger partial charge in [-0.2, -0.15) is 0 Å². The average molecular weight is 401 g/mol. The van der Waals surface area contributed by atoms with Crippen molar-refractivity contribution in [2.24, 2.45) is 0 Å². The third kappa shape index (κ3) is 15.2. The fraction of sp³-hybridized carbons (Fsp3) is 0.704. The van der Waals surface area contributed by atoms with Gasteiger partial charge in [0.05, 0.1) is 12.7 Å². The first-order valence-electron chi connectivity index (χ1n) is 12.1. The van der Waals surface area contributed by atoms with E-state index in [0.717, 1.165) is 19.3 Å². The molecular formula is C27H44O2. The molecule has 1 aromatic carbocycles. The van der Waals surface area contributed by atoms with Crippen LogP contribution in [0.1, 0.15) is 109 Å². The van der Waals surface area contributed by atoms with Crippen molar-refractivity contribution in [3.8, 4) is 11.8 Å². The minimum atomic E-state index is -0.577. The van der Waals surface area contributed by atoms with E-state index in [0.29, 0.717) is 13.0 Å². The van der Waals surface area contributed by atoms with Gasteiger partial charge in [0.2, 0.25) is 0 Å².